The van der Waals surface area contributed by atoms with E-state index >= 15 is 0 Å². The number of halogens is 1. The van der Waals surface area contributed by atoms with Gasteiger partial charge in [0.15, 0.2) is 0 Å². The lowest BCUT2D eigenvalue weighted by Gasteiger charge is -2.11. The maximum absolute atomic E-state index is 6.01. The van der Waals surface area contributed by atoms with Crippen molar-refractivity contribution in [2.75, 3.05) is 44.4 Å². The fraction of sp³-hybridized carbons (Fsp3) is 0.636. The first-order valence-corrected chi connectivity index (χ1v) is 6.16. The molecule has 17 heavy (non-hydrogen) atoms. The third-order valence-corrected chi connectivity index (χ3v) is 2.43. The Bertz CT molecular complexity index is 343. The van der Waals surface area contributed by atoms with Crippen LogP contribution in [0.25, 0.3) is 0 Å². The van der Waals surface area contributed by atoms with Gasteiger partial charge in [0.25, 0.3) is 0 Å². The first-order chi connectivity index (χ1) is 8.13. The van der Waals surface area contributed by atoms with Gasteiger partial charge in [-0.1, -0.05) is 11.6 Å². The molecule has 1 aromatic rings. The molecule has 6 heteroatoms. The fourth-order valence-corrected chi connectivity index (χ4v) is 1.49. The molecule has 1 aromatic heterocycles. The Labute approximate surface area is 108 Å². The lowest BCUT2D eigenvalue weighted by molar-refractivity contribution is 0.405. The Morgan fingerprint density at radius 2 is 2.12 bits per heavy atom. The average Bonchev–Trinajstić information content (AvgIpc) is 2.28. The molecule has 0 saturated carbocycles. The summed E-state index contributed by atoms with van der Waals surface area (Å²) in [6.07, 6.45) is 2.66. The summed E-state index contributed by atoms with van der Waals surface area (Å²) in [6, 6.07) is 0. The van der Waals surface area contributed by atoms with Gasteiger partial charge in [-0.3, -0.25) is 0 Å². The molecule has 0 amide bonds. The maximum Gasteiger partial charge on any atom is 0.224 e. The molecule has 96 valence electrons. The molecule has 0 atom stereocenters. The molecule has 0 aromatic carbocycles. The van der Waals surface area contributed by atoms with Crippen molar-refractivity contribution >= 4 is 23.4 Å². The van der Waals surface area contributed by atoms with Crippen molar-refractivity contribution in [1.29, 1.82) is 0 Å². The number of nitrogens with zero attached hydrogens (tertiary/aromatic N) is 3. The van der Waals surface area contributed by atoms with Crippen molar-refractivity contribution in [1.82, 2.24) is 14.9 Å². The molecule has 1 rings (SSSR count). The van der Waals surface area contributed by atoms with Crippen LogP contribution in [-0.4, -0.2) is 48.6 Å². The summed E-state index contributed by atoms with van der Waals surface area (Å²) in [7, 11) is 4.11. The molecule has 0 fully saturated rings. The molecular weight excluding hydrogens is 238 g/mol. The van der Waals surface area contributed by atoms with Crippen LogP contribution in [0.1, 0.15) is 13.3 Å². The number of anilines is 2. The van der Waals surface area contributed by atoms with E-state index in [0.29, 0.717) is 16.8 Å². The Hall–Kier alpha value is -1.07. The van der Waals surface area contributed by atoms with E-state index in [1.807, 2.05) is 6.92 Å². The van der Waals surface area contributed by atoms with Gasteiger partial charge in [0, 0.05) is 13.1 Å². The van der Waals surface area contributed by atoms with Crippen LogP contribution >= 0.6 is 11.6 Å². The van der Waals surface area contributed by atoms with Crippen molar-refractivity contribution in [3.05, 3.63) is 11.2 Å². The number of nitrogens with one attached hydrogen (secondary N) is 2. The molecule has 0 aliphatic rings. The topological polar surface area (TPSA) is 53.1 Å². The van der Waals surface area contributed by atoms with Gasteiger partial charge in [-0.15, -0.1) is 0 Å². The van der Waals surface area contributed by atoms with Crippen LogP contribution in [0.3, 0.4) is 0 Å². The molecule has 0 spiro atoms. The first kappa shape index (κ1) is 14.0. The molecule has 0 saturated heterocycles. The fourth-order valence-electron chi connectivity index (χ4n) is 1.34. The number of hydrogen-bond acceptors (Lipinski definition) is 5. The van der Waals surface area contributed by atoms with Gasteiger partial charge in [-0.05, 0) is 34.0 Å². The molecule has 5 nitrogen and oxygen atoms in total. The summed E-state index contributed by atoms with van der Waals surface area (Å²) in [6.45, 7) is 4.68. The highest BCUT2D eigenvalue weighted by molar-refractivity contribution is 6.32. The predicted octanol–water partition coefficient (Wildman–Crippen LogP) is 1.93. The smallest absolute Gasteiger partial charge is 0.224 e. The van der Waals surface area contributed by atoms with E-state index in [1.165, 1.54) is 0 Å². The molecule has 1 heterocycles. The summed E-state index contributed by atoms with van der Waals surface area (Å²) in [5.74, 6) is 1.29. The summed E-state index contributed by atoms with van der Waals surface area (Å²) in [5, 5.41) is 6.82. The second-order valence-corrected chi connectivity index (χ2v) is 4.41. The zero-order valence-electron chi connectivity index (χ0n) is 10.6. The van der Waals surface area contributed by atoms with Gasteiger partial charge in [0.2, 0.25) is 5.95 Å². The average molecular weight is 258 g/mol. The molecule has 0 bridgehead atoms. The van der Waals surface area contributed by atoms with Crippen molar-refractivity contribution in [2.24, 2.45) is 0 Å². The van der Waals surface area contributed by atoms with E-state index in [9.17, 15) is 0 Å². The summed E-state index contributed by atoms with van der Waals surface area (Å²) >= 11 is 6.01. The Balaban J connectivity index is 2.48. The van der Waals surface area contributed by atoms with Crippen LogP contribution in [0.5, 0.6) is 0 Å². The second kappa shape index (κ2) is 7.29. The Morgan fingerprint density at radius 1 is 1.35 bits per heavy atom. The van der Waals surface area contributed by atoms with Crippen molar-refractivity contribution < 1.29 is 0 Å². The van der Waals surface area contributed by atoms with E-state index in [0.717, 1.165) is 26.1 Å². The summed E-state index contributed by atoms with van der Waals surface area (Å²) in [4.78, 5) is 10.5. The minimum absolute atomic E-state index is 0.552. The zero-order chi connectivity index (χ0) is 12.7. The van der Waals surface area contributed by atoms with Gasteiger partial charge >= 0.3 is 0 Å². The highest BCUT2D eigenvalue weighted by atomic mass is 35.5. The lowest BCUT2D eigenvalue weighted by atomic mass is 10.4. The number of rotatable bonds is 7. The SMILES string of the molecule is CCNc1ncc(Cl)c(NCCCN(C)C)n1. The normalized spacial score (nSPS) is 10.6. The van der Waals surface area contributed by atoms with Crippen LogP contribution in [0, 0.1) is 0 Å². The third kappa shape index (κ3) is 5.19. The molecule has 0 radical (unpaired) electrons. The van der Waals surface area contributed by atoms with Gasteiger partial charge in [0.1, 0.15) is 10.8 Å². The minimum Gasteiger partial charge on any atom is -0.369 e. The largest absolute Gasteiger partial charge is 0.369 e. The summed E-state index contributed by atoms with van der Waals surface area (Å²) < 4.78 is 0. The van der Waals surface area contributed by atoms with Gasteiger partial charge < -0.3 is 15.5 Å². The number of aromatic nitrogens is 2. The quantitative estimate of drug-likeness (QED) is 0.731. The third-order valence-electron chi connectivity index (χ3n) is 2.15. The zero-order valence-corrected chi connectivity index (χ0v) is 11.4. The monoisotopic (exact) mass is 257 g/mol. The Kier molecular flexibility index (Phi) is 6.00. The minimum atomic E-state index is 0.552. The highest BCUT2D eigenvalue weighted by Gasteiger charge is 2.04. The van der Waals surface area contributed by atoms with E-state index in [-0.39, 0.29) is 0 Å². The van der Waals surface area contributed by atoms with E-state index < -0.39 is 0 Å². The van der Waals surface area contributed by atoms with E-state index in [4.69, 9.17) is 11.6 Å². The maximum atomic E-state index is 6.01. The Morgan fingerprint density at radius 3 is 2.76 bits per heavy atom. The first-order valence-electron chi connectivity index (χ1n) is 5.78. The molecule has 2 N–H and O–H groups in total. The molecule has 0 unspecified atom stereocenters. The predicted molar refractivity (Wildman–Crippen MR) is 72.9 cm³/mol. The second-order valence-electron chi connectivity index (χ2n) is 4.00. The highest BCUT2D eigenvalue weighted by Crippen LogP contribution is 2.19. The lowest BCUT2D eigenvalue weighted by Crippen LogP contribution is -2.17. The standard InChI is InChI=1S/C11H20ClN5/c1-4-13-11-15-8-9(12)10(16-11)14-6-5-7-17(2)3/h8H,4-7H2,1-3H3,(H2,13,14,15,16). The van der Waals surface area contributed by atoms with Crippen LogP contribution in [-0.2, 0) is 0 Å². The van der Waals surface area contributed by atoms with Crippen LogP contribution < -0.4 is 10.6 Å². The molecule has 0 aliphatic heterocycles. The molecule has 0 aliphatic carbocycles. The van der Waals surface area contributed by atoms with Crippen LogP contribution in [0.15, 0.2) is 6.20 Å². The van der Waals surface area contributed by atoms with Crippen LogP contribution in [0.2, 0.25) is 5.02 Å². The molecular formula is C11H20ClN5. The summed E-state index contributed by atoms with van der Waals surface area (Å²) in [5.41, 5.74) is 0. The van der Waals surface area contributed by atoms with Crippen LogP contribution in [0.4, 0.5) is 11.8 Å². The van der Waals surface area contributed by atoms with Gasteiger partial charge in [-0.25, -0.2) is 4.98 Å². The van der Waals surface area contributed by atoms with Crippen molar-refractivity contribution in [3.8, 4) is 0 Å². The van der Waals surface area contributed by atoms with Gasteiger partial charge in [-0.2, -0.15) is 4.98 Å². The van der Waals surface area contributed by atoms with Crippen molar-refractivity contribution in [2.45, 2.75) is 13.3 Å². The van der Waals surface area contributed by atoms with Crippen molar-refractivity contribution in [3.63, 3.8) is 0 Å². The van der Waals surface area contributed by atoms with E-state index in [2.05, 4.69) is 39.6 Å². The van der Waals surface area contributed by atoms with Gasteiger partial charge in [0.05, 0.1) is 6.20 Å². The van der Waals surface area contributed by atoms with E-state index in [1.54, 1.807) is 6.20 Å². The number of hydrogen-bond donors (Lipinski definition) is 2.